The largest absolute Gasteiger partial charge is 0.466 e. The normalized spacial score (nSPS) is 9.95. The first-order chi connectivity index (χ1) is 10.5. The molecule has 1 aromatic heterocycles. The summed E-state index contributed by atoms with van der Waals surface area (Å²) in [6, 6.07) is 3.12. The molecule has 120 valence electrons. The molecule has 0 aliphatic rings. The van der Waals surface area contributed by atoms with E-state index in [1.54, 1.807) is 19.9 Å². The van der Waals surface area contributed by atoms with Gasteiger partial charge in [-0.3, -0.25) is 9.59 Å². The minimum atomic E-state index is -0.635. The van der Waals surface area contributed by atoms with Crippen LogP contribution in [0.4, 0.5) is 5.69 Å². The van der Waals surface area contributed by atoms with Gasteiger partial charge in [-0.05, 0) is 41.9 Å². The number of rotatable bonds is 7. The summed E-state index contributed by atoms with van der Waals surface area (Å²) in [5, 5.41) is 2.54. The number of carbonyl (C=O) groups is 3. The second-order valence-corrected chi connectivity index (χ2v) is 4.92. The van der Waals surface area contributed by atoms with Crippen LogP contribution in [0, 0.1) is 0 Å². The van der Waals surface area contributed by atoms with Crippen molar-refractivity contribution < 1.29 is 23.9 Å². The number of hydrogen-bond donors (Lipinski definition) is 1. The molecule has 8 heteroatoms. The topological polar surface area (TPSA) is 94.6 Å². The lowest BCUT2D eigenvalue weighted by Crippen LogP contribution is -2.18. The van der Waals surface area contributed by atoms with Crippen molar-refractivity contribution in [3.63, 3.8) is 0 Å². The Bertz CT molecular complexity index is 562. The molecule has 0 unspecified atom stereocenters. The number of ether oxygens (including phenoxy) is 2. The highest BCUT2D eigenvalue weighted by Gasteiger charge is 2.17. The summed E-state index contributed by atoms with van der Waals surface area (Å²) >= 11 is 3.16. The van der Waals surface area contributed by atoms with Gasteiger partial charge in [0.2, 0.25) is 5.91 Å². The number of hydrogen-bond acceptors (Lipinski definition) is 6. The van der Waals surface area contributed by atoms with Crippen LogP contribution in [0.2, 0.25) is 0 Å². The zero-order valence-electron chi connectivity index (χ0n) is 12.3. The SMILES string of the molecule is CCOC(=O)CCC(=O)Nc1ccc(Br)nc1C(=O)OCC. The first-order valence-electron chi connectivity index (χ1n) is 6.77. The Kier molecular flexibility index (Phi) is 7.51. The molecule has 1 aromatic rings. The van der Waals surface area contributed by atoms with Crippen LogP contribution in [0.15, 0.2) is 16.7 Å². The Morgan fingerprint density at radius 1 is 1.14 bits per heavy atom. The van der Waals surface area contributed by atoms with Gasteiger partial charge >= 0.3 is 11.9 Å². The molecule has 0 aliphatic heterocycles. The van der Waals surface area contributed by atoms with Gasteiger partial charge in [-0.1, -0.05) is 0 Å². The van der Waals surface area contributed by atoms with Gasteiger partial charge in [-0.15, -0.1) is 0 Å². The third kappa shape index (κ3) is 5.80. The second-order valence-electron chi connectivity index (χ2n) is 4.10. The van der Waals surface area contributed by atoms with Gasteiger partial charge in [0, 0.05) is 6.42 Å². The van der Waals surface area contributed by atoms with Crippen LogP contribution in [0.3, 0.4) is 0 Å². The van der Waals surface area contributed by atoms with Gasteiger partial charge < -0.3 is 14.8 Å². The van der Waals surface area contributed by atoms with Gasteiger partial charge in [-0.25, -0.2) is 9.78 Å². The molecule has 0 bridgehead atoms. The monoisotopic (exact) mass is 372 g/mol. The summed E-state index contributed by atoms with van der Waals surface area (Å²) in [6.07, 6.45) is -0.0739. The highest BCUT2D eigenvalue weighted by atomic mass is 79.9. The zero-order chi connectivity index (χ0) is 16.5. The molecule has 0 atom stereocenters. The summed E-state index contributed by atoms with van der Waals surface area (Å²) < 4.78 is 10.1. The van der Waals surface area contributed by atoms with E-state index >= 15 is 0 Å². The van der Waals surface area contributed by atoms with E-state index in [9.17, 15) is 14.4 Å². The standard InChI is InChI=1S/C14H17BrN2O5/c1-3-21-12(19)8-7-11(18)16-9-5-6-10(15)17-13(9)14(20)22-4-2/h5-6H,3-4,7-8H2,1-2H3,(H,16,18). The molecule has 7 nitrogen and oxygen atoms in total. The molecule has 0 saturated carbocycles. The van der Waals surface area contributed by atoms with Crippen LogP contribution in [0.25, 0.3) is 0 Å². The fourth-order valence-electron chi connectivity index (χ4n) is 1.55. The number of nitrogens with one attached hydrogen (secondary N) is 1. The van der Waals surface area contributed by atoms with Gasteiger partial charge in [0.1, 0.15) is 4.60 Å². The summed E-state index contributed by atoms with van der Waals surface area (Å²) in [6.45, 7) is 3.83. The summed E-state index contributed by atoms with van der Waals surface area (Å²) in [4.78, 5) is 38.9. The third-order valence-electron chi connectivity index (χ3n) is 2.47. The Hall–Kier alpha value is -1.96. The molecule has 0 radical (unpaired) electrons. The lowest BCUT2D eigenvalue weighted by Gasteiger charge is -2.10. The Labute approximate surface area is 136 Å². The van der Waals surface area contributed by atoms with Crippen molar-refractivity contribution in [2.45, 2.75) is 26.7 Å². The average molecular weight is 373 g/mol. The predicted octanol–water partition coefficient (Wildman–Crippen LogP) is 2.30. The smallest absolute Gasteiger partial charge is 0.359 e. The molecule has 1 heterocycles. The van der Waals surface area contributed by atoms with Crippen LogP contribution in [0.5, 0.6) is 0 Å². The maximum absolute atomic E-state index is 11.8. The maximum atomic E-state index is 11.8. The second kappa shape index (κ2) is 9.14. The van der Waals surface area contributed by atoms with Crippen LogP contribution >= 0.6 is 15.9 Å². The molecule has 0 saturated heterocycles. The highest BCUT2D eigenvalue weighted by molar-refractivity contribution is 9.10. The Morgan fingerprint density at radius 3 is 2.45 bits per heavy atom. The van der Waals surface area contributed by atoms with Crippen LogP contribution in [0.1, 0.15) is 37.2 Å². The number of pyridine rings is 1. The first kappa shape index (κ1) is 18.1. The number of esters is 2. The zero-order valence-corrected chi connectivity index (χ0v) is 13.9. The molecule has 1 N–H and O–H groups in total. The Morgan fingerprint density at radius 2 is 1.82 bits per heavy atom. The maximum Gasteiger partial charge on any atom is 0.359 e. The molecule has 1 rings (SSSR count). The van der Waals surface area contributed by atoms with Crippen LogP contribution < -0.4 is 5.32 Å². The Balaban J connectivity index is 2.74. The van der Waals surface area contributed by atoms with E-state index in [4.69, 9.17) is 9.47 Å². The van der Waals surface area contributed by atoms with Crippen molar-refractivity contribution in [3.05, 3.63) is 22.4 Å². The van der Waals surface area contributed by atoms with Crippen molar-refractivity contribution in [3.8, 4) is 0 Å². The third-order valence-corrected chi connectivity index (χ3v) is 2.91. The highest BCUT2D eigenvalue weighted by Crippen LogP contribution is 2.18. The number of carbonyl (C=O) groups excluding carboxylic acids is 3. The molecule has 22 heavy (non-hydrogen) atoms. The predicted molar refractivity (Wildman–Crippen MR) is 82.4 cm³/mol. The van der Waals surface area contributed by atoms with Crippen LogP contribution in [-0.2, 0) is 19.1 Å². The number of amides is 1. The average Bonchev–Trinajstić information content (AvgIpc) is 2.47. The summed E-state index contributed by atoms with van der Waals surface area (Å²) in [5.74, 6) is -1.50. The van der Waals surface area contributed by atoms with E-state index in [1.807, 2.05) is 0 Å². The van der Waals surface area contributed by atoms with Gasteiger partial charge in [0.25, 0.3) is 0 Å². The quantitative estimate of drug-likeness (QED) is 0.582. The van der Waals surface area contributed by atoms with E-state index < -0.39 is 17.8 Å². The van der Waals surface area contributed by atoms with Gasteiger partial charge in [-0.2, -0.15) is 0 Å². The molecule has 0 spiro atoms. The van der Waals surface area contributed by atoms with Crippen molar-refractivity contribution in [1.82, 2.24) is 4.98 Å². The number of halogens is 1. The molecule has 1 amide bonds. The van der Waals surface area contributed by atoms with Crippen molar-refractivity contribution >= 4 is 39.5 Å². The molecular weight excluding hydrogens is 356 g/mol. The van der Waals surface area contributed by atoms with E-state index in [0.717, 1.165) is 0 Å². The fourth-order valence-corrected chi connectivity index (χ4v) is 1.86. The van der Waals surface area contributed by atoms with E-state index in [0.29, 0.717) is 4.60 Å². The van der Waals surface area contributed by atoms with E-state index in [-0.39, 0.29) is 37.4 Å². The molecule has 0 aromatic carbocycles. The molecule has 0 fully saturated rings. The lowest BCUT2D eigenvalue weighted by molar-refractivity contribution is -0.144. The summed E-state index contributed by atoms with van der Waals surface area (Å²) in [5.41, 5.74) is 0.233. The number of aromatic nitrogens is 1. The van der Waals surface area contributed by atoms with Crippen molar-refractivity contribution in [1.29, 1.82) is 0 Å². The lowest BCUT2D eigenvalue weighted by atomic mass is 10.2. The molecule has 0 aliphatic carbocycles. The van der Waals surface area contributed by atoms with Crippen molar-refractivity contribution in [2.24, 2.45) is 0 Å². The van der Waals surface area contributed by atoms with E-state index in [1.165, 1.54) is 6.07 Å². The van der Waals surface area contributed by atoms with Gasteiger partial charge in [0.15, 0.2) is 5.69 Å². The van der Waals surface area contributed by atoms with Crippen molar-refractivity contribution in [2.75, 3.05) is 18.5 Å². The first-order valence-corrected chi connectivity index (χ1v) is 7.56. The minimum Gasteiger partial charge on any atom is -0.466 e. The molecular formula is C14H17BrN2O5. The minimum absolute atomic E-state index is 0.000657. The van der Waals surface area contributed by atoms with Crippen LogP contribution in [-0.4, -0.2) is 36.0 Å². The number of nitrogens with zero attached hydrogens (tertiary/aromatic N) is 1. The number of anilines is 1. The van der Waals surface area contributed by atoms with E-state index in [2.05, 4.69) is 26.2 Å². The fraction of sp³-hybridized carbons (Fsp3) is 0.429. The summed E-state index contributed by atoms with van der Waals surface area (Å²) in [7, 11) is 0. The van der Waals surface area contributed by atoms with Gasteiger partial charge in [0.05, 0.1) is 25.3 Å².